The van der Waals surface area contributed by atoms with Crippen molar-refractivity contribution in [3.8, 4) is 5.75 Å². The second kappa shape index (κ2) is 13.2. The van der Waals surface area contributed by atoms with Crippen LogP contribution in [0.2, 0.25) is 0 Å². The Bertz CT molecular complexity index is 1420. The molecule has 0 aromatic heterocycles. The van der Waals surface area contributed by atoms with Crippen LogP contribution in [0.1, 0.15) is 73.6 Å². The third kappa shape index (κ3) is 6.50. The van der Waals surface area contributed by atoms with Crippen LogP contribution in [0.15, 0.2) is 30.3 Å². The van der Waals surface area contributed by atoms with Gasteiger partial charge in [0.2, 0.25) is 0 Å². The molecule has 0 heterocycles. The second-order valence-corrected chi connectivity index (χ2v) is 13.1. The minimum Gasteiger partial charge on any atom is -0.489 e. The van der Waals surface area contributed by atoms with Gasteiger partial charge in [0.15, 0.2) is 0 Å². The van der Waals surface area contributed by atoms with Crippen LogP contribution in [0.5, 0.6) is 5.75 Å². The Kier molecular flexibility index (Phi) is 10.1. The predicted octanol–water partition coefficient (Wildman–Crippen LogP) is 9.11. The van der Waals surface area contributed by atoms with E-state index in [9.17, 15) is 48.3 Å². The van der Waals surface area contributed by atoms with E-state index in [4.69, 9.17) is 14.6 Å². The first-order valence-electron chi connectivity index (χ1n) is 15.6. The zero-order valence-corrected chi connectivity index (χ0v) is 25.8. The number of alkyl halides is 9. The van der Waals surface area contributed by atoms with Crippen molar-refractivity contribution in [2.45, 2.75) is 101 Å². The van der Waals surface area contributed by atoms with Gasteiger partial charge < -0.3 is 19.3 Å². The standard InChI is InChI=1S/C33H35F11O4/c1-29-10-9-23-22-6-4-21(47-17-20-15-26(34)19(16-45)14-27(20)35)13-18(22)3-5-24(23)25(29)7-8-28(29)46-11-2-12-48-30(31(36,37)38,32(39,40)41)33(42,43)44/h4,6,13-15,23-25,28,45H,2-3,5,7-12,16-17H2,1H3/t23-,24-,25+,28+,29+/m1/s1. The maximum atomic E-state index is 14.3. The number of aliphatic hydroxyl groups is 1. The zero-order valence-electron chi connectivity index (χ0n) is 25.8. The summed E-state index contributed by atoms with van der Waals surface area (Å²) in [6.45, 7) is -0.608. The molecule has 0 unspecified atom stereocenters. The molecule has 0 amide bonds. The van der Waals surface area contributed by atoms with Crippen molar-refractivity contribution < 1.29 is 67.6 Å². The summed E-state index contributed by atoms with van der Waals surface area (Å²) < 4.78 is 162. The molecular weight excluding hydrogens is 669 g/mol. The van der Waals surface area contributed by atoms with Crippen molar-refractivity contribution >= 4 is 0 Å². The van der Waals surface area contributed by atoms with E-state index in [1.165, 1.54) is 0 Å². The largest absolute Gasteiger partial charge is 0.489 e. The van der Waals surface area contributed by atoms with Crippen molar-refractivity contribution in [3.63, 3.8) is 0 Å². The van der Waals surface area contributed by atoms with Crippen molar-refractivity contribution in [3.05, 3.63) is 64.2 Å². The highest BCUT2D eigenvalue weighted by molar-refractivity contribution is 5.41. The van der Waals surface area contributed by atoms with Gasteiger partial charge in [-0.15, -0.1) is 0 Å². The first-order valence-corrected chi connectivity index (χ1v) is 15.6. The van der Waals surface area contributed by atoms with E-state index in [-0.39, 0.29) is 53.6 Å². The van der Waals surface area contributed by atoms with E-state index < -0.39 is 55.4 Å². The summed E-state index contributed by atoms with van der Waals surface area (Å²) in [6.07, 6.45) is -16.8. The fraction of sp³-hybridized carbons (Fsp3) is 0.636. The van der Waals surface area contributed by atoms with Crippen molar-refractivity contribution in [2.24, 2.45) is 17.3 Å². The Hall–Kier alpha value is -2.65. The smallest absolute Gasteiger partial charge is 0.435 e. The monoisotopic (exact) mass is 704 g/mol. The highest BCUT2D eigenvalue weighted by Crippen LogP contribution is 2.62. The van der Waals surface area contributed by atoms with Crippen LogP contribution in [0.4, 0.5) is 48.3 Å². The lowest BCUT2D eigenvalue weighted by molar-refractivity contribution is -0.457. The highest BCUT2D eigenvalue weighted by atomic mass is 19.4. The molecule has 48 heavy (non-hydrogen) atoms. The Balaban J connectivity index is 1.18. The number of hydrogen-bond donors (Lipinski definition) is 1. The molecule has 4 nitrogen and oxygen atoms in total. The van der Waals surface area contributed by atoms with Gasteiger partial charge in [-0.05, 0) is 104 Å². The molecule has 3 aliphatic carbocycles. The van der Waals surface area contributed by atoms with Crippen molar-refractivity contribution in [1.82, 2.24) is 0 Å². The number of aliphatic hydroxyl groups excluding tert-OH is 1. The molecule has 0 aliphatic heterocycles. The average Bonchev–Trinajstić information content (AvgIpc) is 3.32. The molecule has 3 aliphatic rings. The van der Waals surface area contributed by atoms with Crippen LogP contribution in [-0.2, 0) is 29.1 Å². The molecule has 15 heteroatoms. The first kappa shape index (κ1) is 36.6. The fourth-order valence-corrected chi connectivity index (χ4v) is 8.13. The molecule has 0 spiro atoms. The molecule has 5 atom stereocenters. The van der Waals surface area contributed by atoms with Gasteiger partial charge in [-0.1, -0.05) is 13.0 Å². The number of aryl methyl sites for hydroxylation is 1. The van der Waals surface area contributed by atoms with Gasteiger partial charge in [-0.2, -0.15) is 39.5 Å². The minimum atomic E-state index is -6.77. The van der Waals surface area contributed by atoms with E-state index in [1.54, 1.807) is 6.07 Å². The number of hydrogen-bond acceptors (Lipinski definition) is 4. The summed E-state index contributed by atoms with van der Waals surface area (Å²) in [4.78, 5) is 0. The van der Waals surface area contributed by atoms with Gasteiger partial charge in [0, 0.05) is 17.7 Å². The van der Waals surface area contributed by atoms with Crippen LogP contribution < -0.4 is 4.74 Å². The maximum Gasteiger partial charge on any atom is 0.435 e. The number of rotatable bonds is 10. The van der Waals surface area contributed by atoms with Gasteiger partial charge in [0.1, 0.15) is 24.0 Å². The maximum absolute atomic E-state index is 14.3. The van der Waals surface area contributed by atoms with Crippen LogP contribution in [0.25, 0.3) is 0 Å². The lowest BCUT2D eigenvalue weighted by atomic mass is 9.55. The third-order valence-corrected chi connectivity index (χ3v) is 10.5. The molecule has 0 saturated heterocycles. The number of benzene rings is 2. The number of ether oxygens (including phenoxy) is 3. The summed E-state index contributed by atoms with van der Waals surface area (Å²) in [6, 6.07) is 7.57. The number of halogens is 11. The molecule has 2 saturated carbocycles. The topological polar surface area (TPSA) is 47.9 Å². The van der Waals surface area contributed by atoms with E-state index in [0.717, 1.165) is 55.4 Å². The molecule has 268 valence electrons. The Morgan fingerprint density at radius 3 is 2.10 bits per heavy atom. The molecule has 2 aromatic rings. The molecule has 0 radical (unpaired) electrons. The Labute approximate surface area is 269 Å². The summed E-state index contributed by atoms with van der Waals surface area (Å²) in [5, 5.41) is 9.12. The summed E-state index contributed by atoms with van der Waals surface area (Å²) >= 11 is 0. The van der Waals surface area contributed by atoms with E-state index in [0.29, 0.717) is 12.2 Å². The predicted molar refractivity (Wildman–Crippen MR) is 149 cm³/mol. The summed E-state index contributed by atoms with van der Waals surface area (Å²) in [5.74, 6) is -0.195. The van der Waals surface area contributed by atoms with Gasteiger partial charge in [-0.3, -0.25) is 0 Å². The highest BCUT2D eigenvalue weighted by Gasteiger charge is 2.85. The molecule has 2 fully saturated rings. The SMILES string of the molecule is C[C@]12CC[C@@H]3c4ccc(OCc5cc(F)c(CO)cc5F)cc4CC[C@H]3[C@@H]1CC[C@@H]2OCCCOC(C(F)(F)F)(C(F)(F)F)C(F)(F)F. The Morgan fingerprint density at radius 2 is 1.46 bits per heavy atom. The Morgan fingerprint density at radius 1 is 0.812 bits per heavy atom. The van der Waals surface area contributed by atoms with Gasteiger partial charge in [-0.25, -0.2) is 8.78 Å². The van der Waals surface area contributed by atoms with Crippen molar-refractivity contribution in [2.75, 3.05) is 13.2 Å². The van der Waals surface area contributed by atoms with Gasteiger partial charge >= 0.3 is 24.1 Å². The van der Waals surface area contributed by atoms with Crippen LogP contribution in [0, 0.1) is 28.9 Å². The quantitative estimate of drug-likeness (QED) is 0.198. The lowest BCUT2D eigenvalue weighted by Gasteiger charge is -2.50. The normalized spacial score (nSPS) is 26.2. The number of fused-ring (bicyclic) bond motifs is 5. The fourth-order valence-electron chi connectivity index (χ4n) is 8.13. The molecule has 5 rings (SSSR count). The second-order valence-electron chi connectivity index (χ2n) is 13.1. The zero-order chi connectivity index (χ0) is 35.3. The molecular formula is C33H35F11O4. The molecule has 0 bridgehead atoms. The summed E-state index contributed by atoms with van der Waals surface area (Å²) in [7, 11) is 0. The van der Waals surface area contributed by atoms with E-state index in [2.05, 4.69) is 4.74 Å². The van der Waals surface area contributed by atoms with Crippen LogP contribution in [-0.4, -0.2) is 48.6 Å². The molecule has 2 aromatic carbocycles. The van der Waals surface area contributed by atoms with Crippen LogP contribution >= 0.6 is 0 Å². The third-order valence-electron chi connectivity index (χ3n) is 10.5. The van der Waals surface area contributed by atoms with E-state index in [1.807, 2.05) is 19.1 Å². The average molecular weight is 705 g/mol. The van der Waals surface area contributed by atoms with Gasteiger partial charge in [0.05, 0.1) is 19.3 Å². The lowest BCUT2D eigenvalue weighted by Crippen LogP contribution is -2.67. The van der Waals surface area contributed by atoms with Crippen molar-refractivity contribution in [1.29, 1.82) is 0 Å². The van der Waals surface area contributed by atoms with Crippen LogP contribution in [0.3, 0.4) is 0 Å². The molecule has 1 N–H and O–H groups in total. The minimum absolute atomic E-state index is 0.0108. The first-order chi connectivity index (χ1) is 22.3. The summed E-state index contributed by atoms with van der Waals surface area (Å²) in [5.41, 5.74) is -4.52. The van der Waals surface area contributed by atoms with Gasteiger partial charge in [0.25, 0.3) is 0 Å². The van der Waals surface area contributed by atoms with E-state index >= 15 is 0 Å².